The molecule has 0 aliphatic heterocycles. The van der Waals surface area contributed by atoms with E-state index in [1.54, 1.807) is 12.1 Å². The zero-order chi connectivity index (χ0) is 13.7. The lowest BCUT2D eigenvalue weighted by Gasteiger charge is -2.13. The summed E-state index contributed by atoms with van der Waals surface area (Å²) in [5.41, 5.74) is 4.01. The highest BCUT2D eigenvalue weighted by molar-refractivity contribution is 5.49. The Balaban J connectivity index is 2.38. The average molecular weight is 260 g/mol. The van der Waals surface area contributed by atoms with Crippen LogP contribution < -0.4 is 16.0 Å². The van der Waals surface area contributed by atoms with Crippen LogP contribution in [0, 0.1) is 0 Å². The van der Waals surface area contributed by atoms with E-state index in [1.165, 1.54) is 6.33 Å². The van der Waals surface area contributed by atoms with Crippen molar-refractivity contribution in [1.82, 2.24) is 9.97 Å². The first-order valence-corrected chi connectivity index (χ1v) is 5.97. The fourth-order valence-corrected chi connectivity index (χ4v) is 1.77. The van der Waals surface area contributed by atoms with E-state index < -0.39 is 0 Å². The summed E-state index contributed by atoms with van der Waals surface area (Å²) in [4.78, 5) is 8.15. The molecule has 0 fully saturated rings. The number of aliphatic hydroxyl groups excluding tert-OH is 1. The Kier molecular flexibility index (Phi) is 4.27. The van der Waals surface area contributed by atoms with E-state index in [2.05, 4.69) is 15.4 Å². The smallest absolute Gasteiger partial charge is 0.227 e. The number of anilines is 1. The molecular formula is C13H16N4O2. The van der Waals surface area contributed by atoms with Crippen molar-refractivity contribution in [1.29, 1.82) is 0 Å². The summed E-state index contributed by atoms with van der Waals surface area (Å²) in [6.07, 6.45) is 2.06. The SMILES string of the molecule is CCc1c(NN)ncnc1Oc1ccccc1CO. The summed E-state index contributed by atoms with van der Waals surface area (Å²) in [5, 5.41) is 9.28. The van der Waals surface area contributed by atoms with Crippen LogP contribution in [-0.2, 0) is 13.0 Å². The number of hydrogen-bond donors (Lipinski definition) is 3. The minimum atomic E-state index is -0.0925. The molecule has 0 radical (unpaired) electrons. The molecule has 0 unspecified atom stereocenters. The Hall–Kier alpha value is -2.18. The van der Waals surface area contributed by atoms with Crippen LogP contribution in [-0.4, -0.2) is 15.1 Å². The van der Waals surface area contributed by atoms with Gasteiger partial charge in [0.1, 0.15) is 17.9 Å². The number of nitrogens with two attached hydrogens (primary N) is 1. The molecule has 19 heavy (non-hydrogen) atoms. The van der Waals surface area contributed by atoms with Gasteiger partial charge in [0, 0.05) is 5.56 Å². The normalized spacial score (nSPS) is 10.3. The van der Waals surface area contributed by atoms with Crippen LogP contribution in [0.2, 0.25) is 0 Å². The molecule has 1 heterocycles. The van der Waals surface area contributed by atoms with Gasteiger partial charge in [0.25, 0.3) is 0 Å². The maximum atomic E-state index is 9.28. The van der Waals surface area contributed by atoms with Crippen LogP contribution in [0.3, 0.4) is 0 Å². The van der Waals surface area contributed by atoms with Gasteiger partial charge in [0.2, 0.25) is 5.88 Å². The van der Waals surface area contributed by atoms with Crippen molar-refractivity contribution in [3.05, 3.63) is 41.7 Å². The number of ether oxygens (including phenoxy) is 1. The number of para-hydroxylation sites is 1. The number of nitrogen functional groups attached to an aromatic ring is 1. The maximum Gasteiger partial charge on any atom is 0.227 e. The van der Waals surface area contributed by atoms with Crippen molar-refractivity contribution < 1.29 is 9.84 Å². The molecule has 4 N–H and O–H groups in total. The van der Waals surface area contributed by atoms with E-state index in [-0.39, 0.29) is 6.61 Å². The third-order valence-corrected chi connectivity index (χ3v) is 2.75. The highest BCUT2D eigenvalue weighted by atomic mass is 16.5. The highest BCUT2D eigenvalue weighted by Crippen LogP contribution is 2.29. The lowest BCUT2D eigenvalue weighted by Crippen LogP contribution is -2.12. The molecule has 0 aliphatic carbocycles. The van der Waals surface area contributed by atoms with Gasteiger partial charge in [-0.2, -0.15) is 0 Å². The number of hydrazine groups is 1. The summed E-state index contributed by atoms with van der Waals surface area (Å²) >= 11 is 0. The minimum Gasteiger partial charge on any atom is -0.438 e. The number of aliphatic hydroxyl groups is 1. The van der Waals surface area contributed by atoms with Crippen LogP contribution in [0.5, 0.6) is 11.6 Å². The second-order valence-corrected chi connectivity index (χ2v) is 3.87. The van der Waals surface area contributed by atoms with E-state index in [9.17, 15) is 5.11 Å². The maximum absolute atomic E-state index is 9.28. The number of hydrogen-bond acceptors (Lipinski definition) is 6. The van der Waals surface area contributed by atoms with Crippen LogP contribution in [0.1, 0.15) is 18.1 Å². The minimum absolute atomic E-state index is 0.0925. The molecule has 0 aliphatic rings. The highest BCUT2D eigenvalue weighted by Gasteiger charge is 2.12. The van der Waals surface area contributed by atoms with Crippen LogP contribution in [0.25, 0.3) is 0 Å². The van der Waals surface area contributed by atoms with Crippen LogP contribution in [0.4, 0.5) is 5.82 Å². The predicted molar refractivity (Wildman–Crippen MR) is 71.7 cm³/mol. The summed E-state index contributed by atoms with van der Waals surface area (Å²) in [6.45, 7) is 1.87. The molecule has 1 aromatic carbocycles. The second kappa shape index (κ2) is 6.12. The molecule has 0 atom stereocenters. The van der Waals surface area contributed by atoms with Crippen molar-refractivity contribution in [2.75, 3.05) is 5.43 Å². The average Bonchev–Trinajstić information content (AvgIpc) is 2.47. The van der Waals surface area contributed by atoms with Gasteiger partial charge < -0.3 is 15.3 Å². The standard InChI is InChI=1S/C13H16N4O2/c1-2-10-12(17-14)15-8-16-13(10)19-11-6-4-3-5-9(11)7-18/h3-6,8,18H,2,7,14H2,1H3,(H,15,16,17). The molecule has 6 heteroatoms. The first kappa shape index (κ1) is 13.3. The van der Waals surface area contributed by atoms with Crippen molar-refractivity contribution in [2.45, 2.75) is 20.0 Å². The summed E-state index contributed by atoms with van der Waals surface area (Å²) in [7, 11) is 0. The monoisotopic (exact) mass is 260 g/mol. The predicted octanol–water partition coefficient (Wildman–Crippen LogP) is 1.61. The molecule has 100 valence electrons. The van der Waals surface area contributed by atoms with Crippen molar-refractivity contribution in [3.8, 4) is 11.6 Å². The third kappa shape index (κ3) is 2.81. The van der Waals surface area contributed by atoms with Gasteiger partial charge in [-0.15, -0.1) is 0 Å². The van der Waals surface area contributed by atoms with Crippen molar-refractivity contribution in [3.63, 3.8) is 0 Å². The Morgan fingerprint density at radius 2 is 2.11 bits per heavy atom. The molecule has 0 amide bonds. The van der Waals surface area contributed by atoms with E-state index in [1.807, 2.05) is 19.1 Å². The number of benzene rings is 1. The van der Waals surface area contributed by atoms with Crippen molar-refractivity contribution in [2.24, 2.45) is 5.84 Å². The van der Waals surface area contributed by atoms with E-state index in [0.29, 0.717) is 29.4 Å². The molecular weight excluding hydrogens is 244 g/mol. The van der Waals surface area contributed by atoms with E-state index >= 15 is 0 Å². The molecule has 0 saturated carbocycles. The molecule has 6 nitrogen and oxygen atoms in total. The third-order valence-electron chi connectivity index (χ3n) is 2.75. The zero-order valence-electron chi connectivity index (χ0n) is 10.6. The molecule has 0 spiro atoms. The zero-order valence-corrected chi connectivity index (χ0v) is 10.6. The fourth-order valence-electron chi connectivity index (χ4n) is 1.77. The summed E-state index contributed by atoms with van der Waals surface area (Å²) in [5.74, 6) is 6.95. The Morgan fingerprint density at radius 3 is 2.79 bits per heavy atom. The van der Waals surface area contributed by atoms with Gasteiger partial charge >= 0.3 is 0 Å². The Bertz CT molecular complexity index is 560. The van der Waals surface area contributed by atoms with Gasteiger partial charge in [-0.1, -0.05) is 25.1 Å². The number of aromatic nitrogens is 2. The first-order chi connectivity index (χ1) is 9.30. The number of nitrogens with zero attached hydrogens (tertiary/aromatic N) is 2. The lowest BCUT2D eigenvalue weighted by molar-refractivity contribution is 0.276. The van der Waals surface area contributed by atoms with E-state index in [0.717, 1.165) is 5.56 Å². The first-order valence-electron chi connectivity index (χ1n) is 5.97. The van der Waals surface area contributed by atoms with Gasteiger partial charge in [0.05, 0.1) is 12.2 Å². The summed E-state index contributed by atoms with van der Waals surface area (Å²) in [6, 6.07) is 7.25. The van der Waals surface area contributed by atoms with Gasteiger partial charge in [0.15, 0.2) is 0 Å². The Morgan fingerprint density at radius 1 is 1.32 bits per heavy atom. The summed E-state index contributed by atoms with van der Waals surface area (Å²) < 4.78 is 5.76. The van der Waals surface area contributed by atoms with Crippen LogP contribution in [0.15, 0.2) is 30.6 Å². The van der Waals surface area contributed by atoms with Gasteiger partial charge in [-0.05, 0) is 12.5 Å². The van der Waals surface area contributed by atoms with E-state index in [4.69, 9.17) is 10.6 Å². The molecule has 0 saturated heterocycles. The second-order valence-electron chi connectivity index (χ2n) is 3.87. The molecule has 2 rings (SSSR count). The fraction of sp³-hybridized carbons (Fsp3) is 0.231. The lowest BCUT2D eigenvalue weighted by atomic mass is 10.2. The topological polar surface area (TPSA) is 93.3 Å². The Labute approximate surface area is 111 Å². The van der Waals surface area contributed by atoms with Gasteiger partial charge in [-0.25, -0.2) is 15.8 Å². The quantitative estimate of drug-likeness (QED) is 0.558. The number of rotatable bonds is 5. The molecule has 2 aromatic rings. The number of nitrogens with one attached hydrogen (secondary N) is 1. The largest absolute Gasteiger partial charge is 0.438 e. The van der Waals surface area contributed by atoms with Gasteiger partial charge in [-0.3, -0.25) is 0 Å². The molecule has 1 aromatic heterocycles. The van der Waals surface area contributed by atoms with Crippen LogP contribution >= 0.6 is 0 Å². The molecule has 0 bridgehead atoms. The van der Waals surface area contributed by atoms with Crippen molar-refractivity contribution >= 4 is 5.82 Å².